The number of hydrogen-bond donors (Lipinski definition) is 0. The minimum Gasteiger partial charge on any atom is -0.197 e. The fourth-order valence-electron chi connectivity index (χ4n) is 1.95. The van der Waals surface area contributed by atoms with Gasteiger partial charge < -0.3 is 0 Å². The van der Waals surface area contributed by atoms with Gasteiger partial charge in [-0.25, -0.2) is 0 Å². The summed E-state index contributed by atoms with van der Waals surface area (Å²) in [5.74, 6) is 0. The second kappa shape index (κ2) is 3.16. The van der Waals surface area contributed by atoms with Crippen LogP contribution in [0.15, 0.2) is 11.4 Å². The minimum absolute atomic E-state index is 0.0977. The van der Waals surface area contributed by atoms with E-state index in [1.807, 2.05) is 0 Å². The quantitative estimate of drug-likeness (QED) is 0.704. The molecule has 2 rings (SSSR count). The third-order valence-electron chi connectivity index (χ3n) is 2.98. The molecule has 1 heterocycles. The van der Waals surface area contributed by atoms with Gasteiger partial charge in [0, 0.05) is 4.88 Å². The van der Waals surface area contributed by atoms with E-state index in [2.05, 4.69) is 24.4 Å². The Kier molecular flexibility index (Phi) is 2.13. The van der Waals surface area contributed by atoms with Crippen LogP contribution in [0.25, 0.3) is 0 Å². The topological polar surface area (TPSA) is 23.8 Å². The van der Waals surface area contributed by atoms with Crippen LogP contribution in [0.3, 0.4) is 0 Å². The van der Waals surface area contributed by atoms with Gasteiger partial charge in [0.05, 0.1) is 11.5 Å². The van der Waals surface area contributed by atoms with Crippen molar-refractivity contribution in [1.82, 2.24) is 0 Å². The molecule has 2 heteroatoms. The van der Waals surface area contributed by atoms with Crippen LogP contribution >= 0.6 is 11.3 Å². The van der Waals surface area contributed by atoms with Crippen molar-refractivity contribution < 1.29 is 0 Å². The summed E-state index contributed by atoms with van der Waals surface area (Å²) in [6, 6.07) is 4.67. The highest BCUT2D eigenvalue weighted by Gasteiger charge is 2.41. The number of nitriles is 1. The van der Waals surface area contributed by atoms with Crippen molar-refractivity contribution in [2.24, 2.45) is 0 Å². The van der Waals surface area contributed by atoms with E-state index in [0.29, 0.717) is 0 Å². The first kappa shape index (κ1) is 8.77. The van der Waals surface area contributed by atoms with Crippen LogP contribution in [-0.4, -0.2) is 0 Å². The third kappa shape index (κ3) is 1.19. The average molecular weight is 191 g/mol. The Labute approximate surface area is 83.0 Å². The van der Waals surface area contributed by atoms with E-state index < -0.39 is 0 Å². The molecule has 0 atom stereocenters. The van der Waals surface area contributed by atoms with Crippen LogP contribution in [0.5, 0.6) is 0 Å². The Balaban J connectivity index is 2.39. The Hall–Kier alpha value is -0.810. The lowest BCUT2D eigenvalue weighted by Gasteiger charge is -2.35. The molecule has 0 aliphatic heterocycles. The second-order valence-electron chi connectivity index (χ2n) is 3.68. The van der Waals surface area contributed by atoms with E-state index >= 15 is 0 Å². The molecule has 1 aromatic rings. The molecule has 68 valence electrons. The van der Waals surface area contributed by atoms with Crippen molar-refractivity contribution in [3.8, 4) is 6.07 Å². The summed E-state index contributed by atoms with van der Waals surface area (Å²) >= 11 is 1.76. The van der Waals surface area contributed by atoms with E-state index in [4.69, 9.17) is 0 Å². The fourth-order valence-corrected chi connectivity index (χ4v) is 3.16. The maximum absolute atomic E-state index is 9.18. The average Bonchev–Trinajstić information content (AvgIpc) is 2.52. The van der Waals surface area contributed by atoms with Crippen LogP contribution in [0.4, 0.5) is 0 Å². The molecule has 0 spiro atoms. The van der Waals surface area contributed by atoms with Gasteiger partial charge in [-0.1, -0.05) is 6.92 Å². The van der Waals surface area contributed by atoms with Gasteiger partial charge in [-0.05, 0) is 42.7 Å². The lowest BCUT2D eigenvalue weighted by molar-refractivity contribution is 0.328. The highest BCUT2D eigenvalue weighted by molar-refractivity contribution is 7.10. The molecule has 0 radical (unpaired) electrons. The summed E-state index contributed by atoms with van der Waals surface area (Å²) in [7, 11) is 0. The molecule has 0 N–H and O–H groups in total. The van der Waals surface area contributed by atoms with E-state index in [0.717, 1.165) is 19.3 Å². The first-order chi connectivity index (χ1) is 6.32. The lowest BCUT2D eigenvalue weighted by atomic mass is 9.68. The Bertz CT molecular complexity index is 341. The summed E-state index contributed by atoms with van der Waals surface area (Å²) < 4.78 is 0. The van der Waals surface area contributed by atoms with Gasteiger partial charge >= 0.3 is 0 Å². The predicted molar refractivity (Wildman–Crippen MR) is 54.8 cm³/mol. The molecule has 0 saturated heterocycles. The minimum atomic E-state index is -0.0977. The number of hydrogen-bond acceptors (Lipinski definition) is 2. The molecule has 1 aromatic heterocycles. The fraction of sp³-hybridized carbons (Fsp3) is 0.545. The molecule has 0 amide bonds. The molecule has 0 bridgehead atoms. The van der Waals surface area contributed by atoms with Gasteiger partial charge in [-0.3, -0.25) is 0 Å². The molecule has 1 aliphatic carbocycles. The van der Waals surface area contributed by atoms with Crippen molar-refractivity contribution in [3.63, 3.8) is 0 Å². The van der Waals surface area contributed by atoms with E-state index in [-0.39, 0.29) is 5.41 Å². The molecule has 1 aliphatic rings. The van der Waals surface area contributed by atoms with Crippen molar-refractivity contribution in [1.29, 1.82) is 5.26 Å². The summed E-state index contributed by atoms with van der Waals surface area (Å²) in [5.41, 5.74) is 1.28. The Morgan fingerprint density at radius 2 is 2.38 bits per heavy atom. The van der Waals surface area contributed by atoms with Crippen LogP contribution in [0.1, 0.15) is 36.6 Å². The molecule has 1 fully saturated rings. The van der Waals surface area contributed by atoms with Crippen molar-refractivity contribution >= 4 is 11.3 Å². The summed E-state index contributed by atoms with van der Waals surface area (Å²) in [4.78, 5) is 1.34. The molecule has 0 aromatic carbocycles. The van der Waals surface area contributed by atoms with Crippen LogP contribution in [-0.2, 0) is 11.8 Å². The number of nitrogens with zero attached hydrogens (tertiary/aromatic N) is 1. The number of rotatable bonds is 2. The SMILES string of the molecule is CCc1ccsc1C1(C#N)CCC1. The smallest absolute Gasteiger partial charge is 0.0917 e. The lowest BCUT2D eigenvalue weighted by Crippen LogP contribution is -2.32. The zero-order valence-corrected chi connectivity index (χ0v) is 8.66. The molecule has 0 unspecified atom stereocenters. The zero-order valence-electron chi connectivity index (χ0n) is 7.84. The molecule has 13 heavy (non-hydrogen) atoms. The van der Waals surface area contributed by atoms with Crippen molar-refractivity contribution in [2.45, 2.75) is 38.0 Å². The summed E-state index contributed by atoms with van der Waals surface area (Å²) in [6.07, 6.45) is 4.41. The maximum atomic E-state index is 9.18. The molecule has 1 saturated carbocycles. The largest absolute Gasteiger partial charge is 0.197 e. The summed E-state index contributed by atoms with van der Waals surface area (Å²) in [6.45, 7) is 2.16. The van der Waals surface area contributed by atoms with E-state index in [9.17, 15) is 5.26 Å². The number of aryl methyl sites for hydroxylation is 1. The predicted octanol–water partition coefficient (Wildman–Crippen LogP) is 3.26. The second-order valence-corrected chi connectivity index (χ2v) is 4.59. The van der Waals surface area contributed by atoms with Gasteiger partial charge in [0.1, 0.15) is 0 Å². The maximum Gasteiger partial charge on any atom is 0.0917 e. The monoisotopic (exact) mass is 191 g/mol. The normalized spacial score (nSPS) is 19.1. The third-order valence-corrected chi connectivity index (χ3v) is 4.14. The van der Waals surface area contributed by atoms with Gasteiger partial charge in [-0.2, -0.15) is 5.26 Å². The van der Waals surface area contributed by atoms with Gasteiger partial charge in [0.2, 0.25) is 0 Å². The summed E-state index contributed by atoms with van der Waals surface area (Å²) in [5, 5.41) is 11.3. The van der Waals surface area contributed by atoms with Gasteiger partial charge in [0.15, 0.2) is 0 Å². The van der Waals surface area contributed by atoms with Crippen LogP contribution in [0, 0.1) is 11.3 Å². The van der Waals surface area contributed by atoms with Gasteiger partial charge in [0.25, 0.3) is 0 Å². The number of thiophene rings is 1. The van der Waals surface area contributed by atoms with Crippen molar-refractivity contribution in [3.05, 3.63) is 21.9 Å². The van der Waals surface area contributed by atoms with Gasteiger partial charge in [-0.15, -0.1) is 11.3 Å². The Morgan fingerprint density at radius 1 is 1.62 bits per heavy atom. The molecular weight excluding hydrogens is 178 g/mol. The Morgan fingerprint density at radius 3 is 2.85 bits per heavy atom. The van der Waals surface area contributed by atoms with Crippen LogP contribution < -0.4 is 0 Å². The van der Waals surface area contributed by atoms with E-state index in [1.165, 1.54) is 16.9 Å². The van der Waals surface area contributed by atoms with Crippen molar-refractivity contribution in [2.75, 3.05) is 0 Å². The first-order valence-corrected chi connectivity index (χ1v) is 5.68. The standard InChI is InChI=1S/C11H13NS/c1-2-9-4-7-13-10(9)11(8-12)5-3-6-11/h4,7H,2-3,5-6H2,1H3. The molecular formula is C11H13NS. The molecule has 1 nitrogen and oxygen atoms in total. The highest BCUT2D eigenvalue weighted by atomic mass is 32.1. The van der Waals surface area contributed by atoms with Crippen LogP contribution in [0.2, 0.25) is 0 Å². The highest BCUT2D eigenvalue weighted by Crippen LogP contribution is 2.46. The first-order valence-electron chi connectivity index (χ1n) is 4.80. The zero-order chi connectivity index (χ0) is 9.31. The van der Waals surface area contributed by atoms with E-state index in [1.54, 1.807) is 11.3 Å².